The van der Waals surface area contributed by atoms with Gasteiger partial charge in [-0.3, -0.25) is 0 Å². The lowest BCUT2D eigenvalue weighted by molar-refractivity contribution is -0.153. The Bertz CT molecular complexity index is 975. The molecule has 0 aliphatic rings. The van der Waals surface area contributed by atoms with Crippen molar-refractivity contribution in [1.82, 2.24) is 0 Å². The van der Waals surface area contributed by atoms with E-state index in [4.69, 9.17) is 4.74 Å². The third-order valence-electron chi connectivity index (χ3n) is 5.18. The van der Waals surface area contributed by atoms with Crippen LogP contribution in [-0.4, -0.2) is 28.4 Å². The van der Waals surface area contributed by atoms with Crippen molar-refractivity contribution in [3.05, 3.63) is 95.6 Å². The molecule has 4 nitrogen and oxygen atoms in total. The summed E-state index contributed by atoms with van der Waals surface area (Å²) in [5.74, 6) is -0.989. The maximum atomic E-state index is 11.5. The summed E-state index contributed by atoms with van der Waals surface area (Å²) >= 11 is 0. The Balaban J connectivity index is 1.84. The van der Waals surface area contributed by atoms with Gasteiger partial charge in [0, 0.05) is 6.42 Å². The largest absolute Gasteiger partial charge is 0.479 e. The first-order chi connectivity index (χ1) is 14.3. The lowest BCUT2D eigenvalue weighted by atomic mass is 9.86. The van der Waals surface area contributed by atoms with Crippen molar-refractivity contribution in [1.29, 1.82) is 0 Å². The third kappa shape index (κ3) is 5.15. The van der Waals surface area contributed by atoms with Crippen LogP contribution in [0.1, 0.15) is 37.5 Å². The number of hydrogen-bond donors (Lipinski definition) is 2. The summed E-state index contributed by atoms with van der Waals surface area (Å²) < 4.78 is 5.52. The predicted molar refractivity (Wildman–Crippen MR) is 118 cm³/mol. The molecule has 3 aromatic carbocycles. The molecule has 0 radical (unpaired) electrons. The zero-order valence-electron chi connectivity index (χ0n) is 17.6. The minimum atomic E-state index is -1.21. The highest BCUT2D eigenvalue weighted by molar-refractivity contribution is 5.72. The molecule has 0 aromatic heterocycles. The highest BCUT2D eigenvalue weighted by atomic mass is 16.5. The molecule has 0 saturated heterocycles. The minimum absolute atomic E-state index is 0.180. The highest BCUT2D eigenvalue weighted by Crippen LogP contribution is 2.31. The molecule has 0 bridgehead atoms. The fourth-order valence-corrected chi connectivity index (χ4v) is 3.52. The fourth-order valence-electron chi connectivity index (χ4n) is 3.52. The standard InChI is InChI=1S/C26H28O4/c1-18(2)30-24(25(27)28)17-19-8-7-11-23(16-19)26(3,29)22-14-12-21(13-15-22)20-9-5-4-6-10-20/h4-16,18,24,29H,17H2,1-3H3,(H,27,28). The van der Waals surface area contributed by atoms with Gasteiger partial charge in [0.05, 0.1) is 6.10 Å². The Morgan fingerprint density at radius 2 is 1.53 bits per heavy atom. The van der Waals surface area contributed by atoms with Gasteiger partial charge in [-0.25, -0.2) is 4.79 Å². The number of carbonyl (C=O) groups is 1. The van der Waals surface area contributed by atoms with Gasteiger partial charge in [-0.15, -0.1) is 0 Å². The van der Waals surface area contributed by atoms with Crippen molar-refractivity contribution in [3.8, 4) is 11.1 Å². The molecule has 0 amide bonds. The van der Waals surface area contributed by atoms with Crippen LogP contribution in [0.5, 0.6) is 0 Å². The molecule has 0 spiro atoms. The molecule has 0 aliphatic carbocycles. The minimum Gasteiger partial charge on any atom is -0.479 e. The average Bonchev–Trinajstić information content (AvgIpc) is 2.74. The van der Waals surface area contributed by atoms with Gasteiger partial charge in [-0.1, -0.05) is 78.9 Å². The van der Waals surface area contributed by atoms with Crippen LogP contribution in [-0.2, 0) is 21.6 Å². The van der Waals surface area contributed by atoms with Crippen molar-refractivity contribution >= 4 is 5.97 Å². The van der Waals surface area contributed by atoms with Crippen LogP contribution in [0.25, 0.3) is 11.1 Å². The summed E-state index contributed by atoms with van der Waals surface area (Å²) in [5, 5.41) is 20.7. The average molecular weight is 405 g/mol. The zero-order chi connectivity index (χ0) is 21.7. The van der Waals surface area contributed by atoms with Crippen LogP contribution in [0.15, 0.2) is 78.9 Å². The van der Waals surface area contributed by atoms with Crippen LogP contribution in [0.2, 0.25) is 0 Å². The van der Waals surface area contributed by atoms with Crippen LogP contribution >= 0.6 is 0 Å². The predicted octanol–water partition coefficient (Wildman–Crippen LogP) is 5.03. The van der Waals surface area contributed by atoms with Gasteiger partial charge < -0.3 is 14.9 Å². The first-order valence-corrected chi connectivity index (χ1v) is 10.1. The van der Waals surface area contributed by atoms with E-state index in [1.165, 1.54) is 0 Å². The Morgan fingerprint density at radius 3 is 2.13 bits per heavy atom. The molecule has 0 aliphatic heterocycles. The first kappa shape index (κ1) is 21.8. The Labute approximate surface area is 177 Å². The first-order valence-electron chi connectivity index (χ1n) is 10.1. The highest BCUT2D eigenvalue weighted by Gasteiger charge is 2.27. The summed E-state index contributed by atoms with van der Waals surface area (Å²) in [6.45, 7) is 5.38. The molecule has 0 fully saturated rings. The van der Waals surface area contributed by atoms with E-state index >= 15 is 0 Å². The van der Waals surface area contributed by atoms with Crippen molar-refractivity contribution in [2.24, 2.45) is 0 Å². The van der Waals surface area contributed by atoms with Gasteiger partial charge in [-0.2, -0.15) is 0 Å². The van der Waals surface area contributed by atoms with Crippen LogP contribution < -0.4 is 0 Å². The number of carboxylic acid groups (broad SMARTS) is 1. The molecule has 156 valence electrons. The number of aliphatic hydroxyl groups is 1. The quantitative estimate of drug-likeness (QED) is 0.553. The van der Waals surface area contributed by atoms with Crippen molar-refractivity contribution in [3.63, 3.8) is 0 Å². The smallest absolute Gasteiger partial charge is 0.333 e. The van der Waals surface area contributed by atoms with E-state index in [-0.39, 0.29) is 12.5 Å². The van der Waals surface area contributed by atoms with E-state index in [2.05, 4.69) is 12.1 Å². The lowest BCUT2D eigenvalue weighted by Gasteiger charge is -2.26. The Morgan fingerprint density at radius 1 is 0.900 bits per heavy atom. The second-order valence-corrected chi connectivity index (χ2v) is 7.93. The number of rotatable bonds is 8. The maximum absolute atomic E-state index is 11.5. The summed E-state index contributed by atoms with van der Waals surface area (Å²) in [6, 6.07) is 25.3. The van der Waals surface area contributed by atoms with E-state index in [1.54, 1.807) is 6.92 Å². The van der Waals surface area contributed by atoms with Crippen molar-refractivity contribution in [2.45, 2.75) is 45.0 Å². The topological polar surface area (TPSA) is 66.8 Å². The van der Waals surface area contributed by atoms with Crippen molar-refractivity contribution < 1.29 is 19.7 Å². The van der Waals surface area contributed by atoms with Gasteiger partial charge in [0.2, 0.25) is 0 Å². The van der Waals surface area contributed by atoms with Gasteiger partial charge in [0.15, 0.2) is 6.10 Å². The second kappa shape index (κ2) is 9.24. The van der Waals surface area contributed by atoms with Crippen LogP contribution in [0, 0.1) is 0 Å². The van der Waals surface area contributed by atoms with Gasteiger partial charge in [-0.05, 0) is 48.6 Å². The number of benzene rings is 3. The lowest BCUT2D eigenvalue weighted by Crippen LogP contribution is -2.29. The van der Waals surface area contributed by atoms with Gasteiger partial charge in [0.1, 0.15) is 5.60 Å². The van der Waals surface area contributed by atoms with E-state index in [9.17, 15) is 15.0 Å². The summed E-state index contributed by atoms with van der Waals surface area (Å²) in [4.78, 5) is 11.5. The second-order valence-electron chi connectivity index (χ2n) is 7.93. The summed E-state index contributed by atoms with van der Waals surface area (Å²) in [6.07, 6.45) is -0.861. The van der Waals surface area contributed by atoms with E-state index in [1.807, 2.05) is 80.6 Å². The van der Waals surface area contributed by atoms with E-state index in [0.717, 1.165) is 22.3 Å². The molecule has 0 heterocycles. The maximum Gasteiger partial charge on any atom is 0.333 e. The molecule has 0 saturated carbocycles. The van der Waals surface area contributed by atoms with E-state index < -0.39 is 17.7 Å². The number of aliphatic carboxylic acids is 1. The summed E-state index contributed by atoms with van der Waals surface area (Å²) in [5.41, 5.74) is 3.29. The number of carboxylic acids is 1. The van der Waals surface area contributed by atoms with Gasteiger partial charge in [0.25, 0.3) is 0 Å². The Kier molecular flexibility index (Phi) is 6.70. The van der Waals surface area contributed by atoms with E-state index in [0.29, 0.717) is 5.56 Å². The number of hydrogen-bond acceptors (Lipinski definition) is 3. The third-order valence-corrected chi connectivity index (χ3v) is 5.18. The molecule has 2 unspecified atom stereocenters. The Hall–Kier alpha value is -2.95. The molecule has 4 heteroatoms. The number of ether oxygens (including phenoxy) is 1. The zero-order valence-corrected chi connectivity index (χ0v) is 17.6. The molecule has 3 rings (SSSR count). The summed E-state index contributed by atoms with van der Waals surface area (Å²) in [7, 11) is 0. The monoisotopic (exact) mass is 404 g/mol. The van der Waals surface area contributed by atoms with Gasteiger partial charge >= 0.3 is 5.97 Å². The molecule has 2 N–H and O–H groups in total. The molecule has 3 aromatic rings. The molecule has 30 heavy (non-hydrogen) atoms. The van der Waals surface area contributed by atoms with Crippen LogP contribution in [0.4, 0.5) is 0 Å². The van der Waals surface area contributed by atoms with Crippen LogP contribution in [0.3, 0.4) is 0 Å². The molecular weight excluding hydrogens is 376 g/mol. The molecule has 2 atom stereocenters. The SMILES string of the molecule is CC(C)OC(Cc1cccc(C(C)(O)c2ccc(-c3ccccc3)cc2)c1)C(=O)O. The fraction of sp³-hybridized carbons (Fsp3) is 0.269. The van der Waals surface area contributed by atoms with Crippen molar-refractivity contribution in [2.75, 3.05) is 0 Å². The normalized spacial score (nSPS) is 14.3. The molecular formula is C26H28O4.